The van der Waals surface area contributed by atoms with Gasteiger partial charge in [0.25, 0.3) is 0 Å². The van der Waals surface area contributed by atoms with Crippen molar-refractivity contribution in [2.24, 2.45) is 11.8 Å². The summed E-state index contributed by atoms with van der Waals surface area (Å²) >= 11 is 0. The minimum atomic E-state index is 0.809. The van der Waals surface area contributed by atoms with Crippen LogP contribution in [0, 0.1) is 18.8 Å². The van der Waals surface area contributed by atoms with Crippen molar-refractivity contribution in [2.45, 2.75) is 40.2 Å². The Balaban J connectivity index is 1.94. The monoisotopic (exact) mass is 232 g/mol. The van der Waals surface area contributed by atoms with Gasteiger partial charge >= 0.3 is 0 Å². The fourth-order valence-electron chi connectivity index (χ4n) is 2.70. The highest BCUT2D eigenvalue weighted by molar-refractivity contribution is 5.09. The van der Waals surface area contributed by atoms with E-state index in [9.17, 15) is 0 Å². The van der Waals surface area contributed by atoms with E-state index in [2.05, 4.69) is 48.9 Å². The smallest absolute Gasteiger partial charge is 0.0547 e. The third-order valence-electron chi connectivity index (χ3n) is 3.82. The highest BCUT2D eigenvalue weighted by Crippen LogP contribution is 2.24. The molecule has 2 nitrogen and oxygen atoms in total. The predicted octanol–water partition coefficient (Wildman–Crippen LogP) is 3.26. The summed E-state index contributed by atoms with van der Waals surface area (Å²) in [4.78, 5) is 7.16. The van der Waals surface area contributed by atoms with Gasteiger partial charge in [0.1, 0.15) is 0 Å². The molecule has 94 valence electrons. The Kier molecular flexibility index (Phi) is 4.16. The molecule has 1 fully saturated rings. The molecule has 0 aliphatic carbocycles. The van der Waals surface area contributed by atoms with Gasteiger partial charge in [0, 0.05) is 18.8 Å². The number of aromatic nitrogens is 1. The van der Waals surface area contributed by atoms with Crippen LogP contribution in [-0.2, 0) is 6.54 Å². The molecule has 2 heteroatoms. The van der Waals surface area contributed by atoms with Gasteiger partial charge in [-0.2, -0.15) is 0 Å². The molecule has 1 unspecified atom stereocenters. The van der Waals surface area contributed by atoms with Crippen LogP contribution in [0.4, 0.5) is 0 Å². The molecule has 2 rings (SSSR count). The van der Waals surface area contributed by atoms with Crippen LogP contribution >= 0.6 is 0 Å². The molecule has 1 aliphatic heterocycles. The standard InChI is InChI=1S/C15H24N2/c1-12(2)14-7-5-9-17(10-14)11-15-8-4-6-13(3)16-15/h4,6,8,12,14H,5,7,9-11H2,1-3H3. The number of pyridine rings is 1. The van der Waals surface area contributed by atoms with E-state index in [4.69, 9.17) is 0 Å². The van der Waals surface area contributed by atoms with Gasteiger partial charge in [-0.05, 0) is 50.3 Å². The summed E-state index contributed by atoms with van der Waals surface area (Å²) in [6.07, 6.45) is 2.74. The lowest BCUT2D eigenvalue weighted by Crippen LogP contribution is -2.37. The number of piperidine rings is 1. The minimum Gasteiger partial charge on any atom is -0.297 e. The summed E-state index contributed by atoms with van der Waals surface area (Å²) in [5, 5.41) is 0. The van der Waals surface area contributed by atoms with Gasteiger partial charge in [0.2, 0.25) is 0 Å². The maximum atomic E-state index is 4.60. The predicted molar refractivity (Wildman–Crippen MR) is 71.8 cm³/mol. The Labute approximate surface area is 105 Å². The Morgan fingerprint density at radius 2 is 2.24 bits per heavy atom. The Bertz CT molecular complexity index is 360. The van der Waals surface area contributed by atoms with Crippen molar-refractivity contribution in [3.8, 4) is 0 Å². The van der Waals surface area contributed by atoms with Crippen LogP contribution in [0.5, 0.6) is 0 Å². The molecule has 0 amide bonds. The summed E-state index contributed by atoms with van der Waals surface area (Å²) in [6.45, 7) is 10.3. The molecule has 0 aromatic carbocycles. The zero-order valence-corrected chi connectivity index (χ0v) is 11.3. The van der Waals surface area contributed by atoms with Crippen molar-refractivity contribution in [2.75, 3.05) is 13.1 Å². The van der Waals surface area contributed by atoms with Crippen LogP contribution in [0.3, 0.4) is 0 Å². The Morgan fingerprint density at radius 1 is 1.41 bits per heavy atom. The molecule has 1 saturated heterocycles. The second-order valence-corrected chi connectivity index (χ2v) is 5.65. The summed E-state index contributed by atoms with van der Waals surface area (Å²) in [5.74, 6) is 1.68. The van der Waals surface area contributed by atoms with E-state index < -0.39 is 0 Å². The number of rotatable bonds is 3. The molecule has 0 spiro atoms. The van der Waals surface area contributed by atoms with Crippen molar-refractivity contribution in [1.29, 1.82) is 0 Å². The third kappa shape index (κ3) is 3.53. The highest BCUT2D eigenvalue weighted by atomic mass is 15.1. The van der Waals surface area contributed by atoms with Crippen LogP contribution in [-0.4, -0.2) is 23.0 Å². The second kappa shape index (κ2) is 5.63. The van der Waals surface area contributed by atoms with E-state index in [1.807, 2.05) is 0 Å². The molecule has 0 saturated carbocycles. The molecule has 0 bridgehead atoms. The molecule has 17 heavy (non-hydrogen) atoms. The summed E-state index contributed by atoms with van der Waals surface area (Å²) in [7, 11) is 0. The molecule has 1 aliphatic rings. The third-order valence-corrected chi connectivity index (χ3v) is 3.82. The topological polar surface area (TPSA) is 16.1 Å². The van der Waals surface area contributed by atoms with Gasteiger partial charge in [-0.1, -0.05) is 19.9 Å². The lowest BCUT2D eigenvalue weighted by molar-refractivity contribution is 0.138. The van der Waals surface area contributed by atoms with E-state index >= 15 is 0 Å². The molecular formula is C15H24N2. The van der Waals surface area contributed by atoms with Crippen molar-refractivity contribution < 1.29 is 0 Å². The summed E-state index contributed by atoms with van der Waals surface area (Å²) in [6, 6.07) is 6.32. The van der Waals surface area contributed by atoms with Crippen molar-refractivity contribution in [3.63, 3.8) is 0 Å². The van der Waals surface area contributed by atoms with Crippen molar-refractivity contribution in [3.05, 3.63) is 29.6 Å². The number of nitrogens with zero attached hydrogens (tertiary/aromatic N) is 2. The molecule has 1 aromatic rings. The van der Waals surface area contributed by atoms with Gasteiger partial charge in [-0.25, -0.2) is 0 Å². The fraction of sp³-hybridized carbons (Fsp3) is 0.667. The highest BCUT2D eigenvalue weighted by Gasteiger charge is 2.22. The first kappa shape index (κ1) is 12.6. The van der Waals surface area contributed by atoms with Crippen LogP contribution < -0.4 is 0 Å². The van der Waals surface area contributed by atoms with Gasteiger partial charge in [0.05, 0.1) is 5.69 Å². The lowest BCUT2D eigenvalue weighted by atomic mass is 9.88. The molecule has 1 atom stereocenters. The molecule has 0 N–H and O–H groups in total. The average molecular weight is 232 g/mol. The van der Waals surface area contributed by atoms with Crippen LogP contribution in [0.25, 0.3) is 0 Å². The minimum absolute atomic E-state index is 0.809. The van der Waals surface area contributed by atoms with Crippen LogP contribution in [0.1, 0.15) is 38.1 Å². The number of hydrogen-bond acceptors (Lipinski definition) is 2. The van der Waals surface area contributed by atoms with E-state index in [0.29, 0.717) is 0 Å². The quantitative estimate of drug-likeness (QED) is 0.795. The summed E-state index contributed by atoms with van der Waals surface area (Å²) < 4.78 is 0. The van der Waals surface area contributed by atoms with E-state index in [-0.39, 0.29) is 0 Å². The second-order valence-electron chi connectivity index (χ2n) is 5.65. The van der Waals surface area contributed by atoms with Gasteiger partial charge in [-0.15, -0.1) is 0 Å². The van der Waals surface area contributed by atoms with E-state index in [0.717, 1.165) is 24.1 Å². The molecule has 1 aromatic heterocycles. The fourth-order valence-corrected chi connectivity index (χ4v) is 2.70. The Morgan fingerprint density at radius 3 is 2.94 bits per heavy atom. The normalized spacial score (nSPS) is 22.0. The lowest BCUT2D eigenvalue weighted by Gasteiger charge is -2.34. The zero-order valence-electron chi connectivity index (χ0n) is 11.3. The molecule has 0 radical (unpaired) electrons. The summed E-state index contributed by atoms with van der Waals surface area (Å²) in [5.41, 5.74) is 2.34. The maximum Gasteiger partial charge on any atom is 0.0547 e. The van der Waals surface area contributed by atoms with Crippen LogP contribution in [0.2, 0.25) is 0 Å². The Hall–Kier alpha value is -0.890. The maximum absolute atomic E-state index is 4.60. The van der Waals surface area contributed by atoms with E-state index in [1.165, 1.54) is 31.6 Å². The van der Waals surface area contributed by atoms with Crippen molar-refractivity contribution >= 4 is 0 Å². The first-order valence-corrected chi connectivity index (χ1v) is 6.80. The van der Waals surface area contributed by atoms with Gasteiger partial charge < -0.3 is 0 Å². The van der Waals surface area contributed by atoms with Crippen molar-refractivity contribution in [1.82, 2.24) is 9.88 Å². The SMILES string of the molecule is Cc1cccc(CN2CCCC(C(C)C)C2)n1. The molecule has 2 heterocycles. The van der Waals surface area contributed by atoms with E-state index in [1.54, 1.807) is 0 Å². The zero-order chi connectivity index (χ0) is 12.3. The number of hydrogen-bond donors (Lipinski definition) is 0. The average Bonchev–Trinajstić information content (AvgIpc) is 2.29. The number of aryl methyl sites for hydroxylation is 1. The van der Waals surface area contributed by atoms with Crippen LogP contribution in [0.15, 0.2) is 18.2 Å². The number of likely N-dealkylation sites (tertiary alicyclic amines) is 1. The first-order chi connectivity index (χ1) is 8.15. The molecular weight excluding hydrogens is 208 g/mol. The first-order valence-electron chi connectivity index (χ1n) is 6.80. The van der Waals surface area contributed by atoms with Gasteiger partial charge in [-0.3, -0.25) is 9.88 Å². The largest absolute Gasteiger partial charge is 0.297 e. The van der Waals surface area contributed by atoms with Gasteiger partial charge in [0.15, 0.2) is 0 Å².